The van der Waals surface area contributed by atoms with E-state index in [9.17, 15) is 9.18 Å². The quantitative estimate of drug-likeness (QED) is 0.392. The molecule has 0 radical (unpaired) electrons. The number of aromatic nitrogens is 1. The molecule has 0 aliphatic carbocycles. The van der Waals surface area contributed by atoms with E-state index in [0.717, 1.165) is 41.4 Å². The predicted octanol–water partition coefficient (Wildman–Crippen LogP) is 6.15. The van der Waals surface area contributed by atoms with Crippen molar-refractivity contribution < 1.29 is 13.9 Å². The Hall–Kier alpha value is -2.38. The maximum Gasteiger partial charge on any atom is 0.257 e. The molecule has 1 aromatic heterocycles. The lowest BCUT2D eigenvalue weighted by atomic mass is 10.2. The largest absolute Gasteiger partial charge is 0.494 e. The molecule has 0 bridgehead atoms. The van der Waals surface area contributed by atoms with Crippen LogP contribution in [-0.2, 0) is 11.5 Å². The van der Waals surface area contributed by atoms with Gasteiger partial charge in [0.25, 0.3) is 5.91 Å². The van der Waals surface area contributed by atoms with Crippen LogP contribution in [0.5, 0.6) is 5.75 Å². The molecule has 1 amide bonds. The molecular formula is C22H23FN2O2S2. The van der Waals surface area contributed by atoms with Crippen LogP contribution in [0.15, 0.2) is 53.9 Å². The van der Waals surface area contributed by atoms with Gasteiger partial charge >= 0.3 is 0 Å². The van der Waals surface area contributed by atoms with Crippen molar-refractivity contribution in [3.05, 3.63) is 76.5 Å². The summed E-state index contributed by atoms with van der Waals surface area (Å²) in [6.45, 7) is 2.80. The number of nitrogens with one attached hydrogen (secondary N) is 1. The van der Waals surface area contributed by atoms with E-state index in [0.29, 0.717) is 17.3 Å². The molecule has 1 heterocycles. The van der Waals surface area contributed by atoms with Crippen LogP contribution < -0.4 is 10.1 Å². The normalized spacial score (nSPS) is 10.7. The monoisotopic (exact) mass is 430 g/mol. The fraction of sp³-hybridized carbons (Fsp3) is 0.273. The summed E-state index contributed by atoms with van der Waals surface area (Å²) >= 11 is 3.11. The zero-order valence-corrected chi connectivity index (χ0v) is 17.8. The summed E-state index contributed by atoms with van der Waals surface area (Å²) in [5.41, 5.74) is 2.55. The van der Waals surface area contributed by atoms with Crippen molar-refractivity contribution in [3.63, 3.8) is 0 Å². The first-order chi connectivity index (χ1) is 14.1. The van der Waals surface area contributed by atoms with Crippen molar-refractivity contribution >= 4 is 34.1 Å². The first kappa shape index (κ1) is 21.3. The number of carbonyl (C=O) groups excluding carboxylic acids is 1. The topological polar surface area (TPSA) is 51.2 Å². The highest BCUT2D eigenvalue weighted by atomic mass is 32.2. The van der Waals surface area contributed by atoms with Gasteiger partial charge in [-0.2, -0.15) is 11.8 Å². The number of thiazole rings is 1. The second kappa shape index (κ2) is 11.0. The third-order valence-electron chi connectivity index (χ3n) is 4.09. The minimum atomic E-state index is -0.225. The Morgan fingerprint density at radius 2 is 1.90 bits per heavy atom. The van der Waals surface area contributed by atoms with E-state index < -0.39 is 0 Å². The molecule has 0 saturated carbocycles. The zero-order valence-electron chi connectivity index (χ0n) is 16.2. The van der Waals surface area contributed by atoms with Crippen molar-refractivity contribution in [1.82, 2.24) is 4.98 Å². The van der Waals surface area contributed by atoms with Gasteiger partial charge in [0.05, 0.1) is 12.3 Å². The summed E-state index contributed by atoms with van der Waals surface area (Å²) in [6.07, 6.45) is 2.10. The minimum Gasteiger partial charge on any atom is -0.494 e. The highest BCUT2D eigenvalue weighted by Crippen LogP contribution is 2.23. The summed E-state index contributed by atoms with van der Waals surface area (Å²) in [5, 5.41) is 5.36. The van der Waals surface area contributed by atoms with Gasteiger partial charge in [0.2, 0.25) is 0 Å². The summed E-state index contributed by atoms with van der Waals surface area (Å²) in [6, 6.07) is 13.6. The Labute approximate surface area is 178 Å². The predicted molar refractivity (Wildman–Crippen MR) is 118 cm³/mol. The number of unbranched alkanes of at least 4 members (excludes halogenated alkanes) is 1. The average Bonchev–Trinajstić information content (AvgIpc) is 3.17. The van der Waals surface area contributed by atoms with Crippen molar-refractivity contribution in [2.45, 2.75) is 31.3 Å². The summed E-state index contributed by atoms with van der Waals surface area (Å²) in [5.74, 6) is 1.87. The van der Waals surface area contributed by atoms with Crippen LogP contribution in [0.2, 0.25) is 0 Å². The van der Waals surface area contributed by atoms with Gasteiger partial charge in [-0.05, 0) is 48.4 Å². The molecule has 7 heteroatoms. The van der Waals surface area contributed by atoms with Crippen LogP contribution in [0.3, 0.4) is 0 Å². The molecule has 0 fully saturated rings. The Morgan fingerprint density at radius 3 is 2.62 bits per heavy atom. The van der Waals surface area contributed by atoms with Crippen LogP contribution in [-0.4, -0.2) is 17.5 Å². The molecule has 29 heavy (non-hydrogen) atoms. The lowest BCUT2D eigenvalue weighted by Crippen LogP contribution is -2.11. The Kier molecular flexibility index (Phi) is 8.07. The molecule has 3 rings (SSSR count). The number of carbonyl (C=O) groups is 1. The molecule has 152 valence electrons. The van der Waals surface area contributed by atoms with Crippen molar-refractivity contribution in [2.75, 3.05) is 11.9 Å². The smallest absolute Gasteiger partial charge is 0.257 e. The maximum absolute atomic E-state index is 12.9. The van der Waals surface area contributed by atoms with Crippen molar-refractivity contribution in [1.29, 1.82) is 0 Å². The molecule has 2 aromatic carbocycles. The third-order valence-corrected chi connectivity index (χ3v) is 5.93. The lowest BCUT2D eigenvalue weighted by Gasteiger charge is -2.06. The number of hydrogen-bond donors (Lipinski definition) is 1. The van der Waals surface area contributed by atoms with E-state index >= 15 is 0 Å². The van der Waals surface area contributed by atoms with E-state index in [1.807, 2.05) is 17.5 Å². The van der Waals surface area contributed by atoms with Gasteiger partial charge in [-0.25, -0.2) is 9.37 Å². The van der Waals surface area contributed by atoms with Crippen molar-refractivity contribution in [2.24, 2.45) is 0 Å². The zero-order chi connectivity index (χ0) is 20.5. The molecule has 3 aromatic rings. The van der Waals surface area contributed by atoms with Crippen LogP contribution in [0.25, 0.3) is 0 Å². The standard InChI is InChI=1S/C22H23FN2O2S2/c1-2-3-12-27-20-10-6-17(7-11-20)21(26)25-22-24-19(15-29-22)14-28-13-16-4-8-18(23)9-5-16/h4-11,15H,2-3,12-14H2,1H3,(H,24,25,26). The number of amides is 1. The molecule has 0 saturated heterocycles. The van der Waals surface area contributed by atoms with E-state index in [1.165, 1.54) is 23.5 Å². The number of rotatable bonds is 10. The van der Waals surface area contributed by atoms with Gasteiger partial charge in [-0.15, -0.1) is 11.3 Å². The first-order valence-corrected chi connectivity index (χ1v) is 11.5. The second-order valence-corrected chi connectivity index (χ2v) is 8.29. The Morgan fingerprint density at radius 1 is 1.14 bits per heavy atom. The second-order valence-electron chi connectivity index (χ2n) is 6.44. The van der Waals surface area contributed by atoms with Crippen molar-refractivity contribution in [3.8, 4) is 5.75 Å². The molecule has 1 N–H and O–H groups in total. The molecule has 0 aliphatic heterocycles. The van der Waals surface area contributed by atoms with Crippen LogP contribution in [0, 0.1) is 5.82 Å². The number of thioether (sulfide) groups is 1. The van der Waals surface area contributed by atoms with E-state index in [4.69, 9.17) is 4.74 Å². The van der Waals surface area contributed by atoms with Gasteiger partial charge in [0.1, 0.15) is 11.6 Å². The molecule has 4 nitrogen and oxygen atoms in total. The van der Waals surface area contributed by atoms with Crippen LogP contribution in [0.1, 0.15) is 41.4 Å². The van der Waals surface area contributed by atoms with E-state index in [1.54, 1.807) is 36.0 Å². The number of hydrogen-bond acceptors (Lipinski definition) is 5. The van der Waals surface area contributed by atoms with Crippen LogP contribution >= 0.6 is 23.1 Å². The highest BCUT2D eigenvalue weighted by Gasteiger charge is 2.10. The third kappa shape index (κ3) is 6.87. The summed E-state index contributed by atoms with van der Waals surface area (Å²) in [7, 11) is 0. The molecule has 0 unspecified atom stereocenters. The maximum atomic E-state index is 12.9. The number of anilines is 1. The van der Waals surface area contributed by atoms with Gasteiger partial charge in [-0.3, -0.25) is 10.1 Å². The SMILES string of the molecule is CCCCOc1ccc(C(=O)Nc2nc(CSCc3ccc(F)cc3)cs2)cc1. The molecule has 0 atom stereocenters. The van der Waals surface area contributed by atoms with E-state index in [-0.39, 0.29) is 11.7 Å². The average molecular weight is 431 g/mol. The van der Waals surface area contributed by atoms with Crippen LogP contribution in [0.4, 0.5) is 9.52 Å². The Bertz CT molecular complexity index is 911. The molecule has 0 aliphatic rings. The first-order valence-electron chi connectivity index (χ1n) is 9.45. The van der Waals surface area contributed by atoms with Gasteiger partial charge in [0.15, 0.2) is 5.13 Å². The number of halogens is 1. The molecular weight excluding hydrogens is 407 g/mol. The number of benzene rings is 2. The summed E-state index contributed by atoms with van der Waals surface area (Å²) in [4.78, 5) is 16.9. The van der Waals surface area contributed by atoms with E-state index in [2.05, 4.69) is 17.2 Å². The summed E-state index contributed by atoms with van der Waals surface area (Å²) < 4.78 is 18.5. The van der Waals surface area contributed by atoms with Gasteiger partial charge < -0.3 is 4.74 Å². The Balaban J connectivity index is 1.46. The fourth-order valence-electron chi connectivity index (χ4n) is 2.49. The minimum absolute atomic E-state index is 0.190. The number of nitrogens with zero attached hydrogens (tertiary/aromatic N) is 1. The fourth-order valence-corrected chi connectivity index (χ4v) is 4.19. The van der Waals surface area contributed by atoms with Gasteiger partial charge in [-0.1, -0.05) is 25.5 Å². The van der Waals surface area contributed by atoms with Gasteiger partial charge in [0, 0.05) is 22.4 Å². The highest BCUT2D eigenvalue weighted by molar-refractivity contribution is 7.97. The number of ether oxygens (including phenoxy) is 1. The lowest BCUT2D eigenvalue weighted by molar-refractivity contribution is 0.102. The molecule has 0 spiro atoms.